The standard InChI is InChI=1S/C29H21ClN2O4S/c30-23-13-4-5-14-24(23)31-27(33)18-36-25-15-6-2-9-20(25)16-26-28(34)32(29(35)37-26)17-21-11-7-10-19-8-1-3-12-22(19)21/h1-16H,17-18H2,(H,31,33)/b26-16-. The lowest BCUT2D eigenvalue weighted by atomic mass is 10.0. The molecule has 0 unspecified atom stereocenters. The number of hydrogen-bond acceptors (Lipinski definition) is 5. The van der Waals surface area contributed by atoms with Crippen LogP contribution in [0.25, 0.3) is 16.8 Å². The van der Waals surface area contributed by atoms with Crippen LogP contribution in [-0.4, -0.2) is 28.6 Å². The number of para-hydroxylation sites is 2. The second kappa shape index (κ2) is 10.9. The molecule has 5 rings (SSSR count). The summed E-state index contributed by atoms with van der Waals surface area (Å²) in [6.45, 7) is -0.0671. The van der Waals surface area contributed by atoms with Crippen LogP contribution < -0.4 is 10.1 Å². The van der Waals surface area contributed by atoms with Gasteiger partial charge in [0.05, 0.1) is 22.2 Å². The van der Waals surface area contributed by atoms with E-state index in [4.69, 9.17) is 16.3 Å². The minimum Gasteiger partial charge on any atom is -0.483 e. The van der Waals surface area contributed by atoms with E-state index in [0.29, 0.717) is 26.9 Å². The fourth-order valence-electron chi connectivity index (χ4n) is 4.00. The molecule has 0 saturated carbocycles. The zero-order chi connectivity index (χ0) is 25.8. The van der Waals surface area contributed by atoms with E-state index in [0.717, 1.165) is 28.1 Å². The van der Waals surface area contributed by atoms with Crippen molar-refractivity contribution >= 4 is 63.0 Å². The van der Waals surface area contributed by atoms with E-state index < -0.39 is 0 Å². The van der Waals surface area contributed by atoms with Crippen LogP contribution in [0.3, 0.4) is 0 Å². The van der Waals surface area contributed by atoms with Gasteiger partial charge in [0.25, 0.3) is 17.1 Å². The molecule has 3 amide bonds. The second-order valence-electron chi connectivity index (χ2n) is 8.26. The number of anilines is 1. The number of rotatable bonds is 7. The molecule has 1 N–H and O–H groups in total. The maximum absolute atomic E-state index is 13.2. The SMILES string of the molecule is O=C(COc1ccccc1/C=C1\SC(=O)N(Cc2cccc3ccccc23)C1=O)Nc1ccccc1Cl. The van der Waals surface area contributed by atoms with E-state index in [1.54, 1.807) is 54.6 Å². The van der Waals surface area contributed by atoms with Crippen molar-refractivity contribution in [2.24, 2.45) is 0 Å². The van der Waals surface area contributed by atoms with Crippen LogP contribution in [0.1, 0.15) is 11.1 Å². The first-order valence-electron chi connectivity index (χ1n) is 11.5. The molecule has 1 fully saturated rings. The molecule has 1 aliphatic heterocycles. The molecule has 0 aliphatic carbocycles. The zero-order valence-corrected chi connectivity index (χ0v) is 21.1. The maximum atomic E-state index is 13.2. The highest BCUT2D eigenvalue weighted by atomic mass is 35.5. The number of carbonyl (C=O) groups excluding carboxylic acids is 3. The summed E-state index contributed by atoms with van der Waals surface area (Å²) in [5, 5.41) is 4.85. The molecule has 1 aliphatic rings. The molecule has 184 valence electrons. The Morgan fingerprint density at radius 3 is 2.51 bits per heavy atom. The molecule has 0 radical (unpaired) electrons. The minimum atomic E-state index is -0.377. The number of ether oxygens (including phenoxy) is 1. The van der Waals surface area contributed by atoms with E-state index in [1.807, 2.05) is 42.5 Å². The van der Waals surface area contributed by atoms with Crippen molar-refractivity contribution in [3.05, 3.63) is 112 Å². The molecular weight excluding hydrogens is 508 g/mol. The van der Waals surface area contributed by atoms with Crippen molar-refractivity contribution in [1.82, 2.24) is 4.90 Å². The van der Waals surface area contributed by atoms with Crippen LogP contribution in [0.15, 0.2) is 95.9 Å². The third-order valence-electron chi connectivity index (χ3n) is 5.79. The van der Waals surface area contributed by atoms with Gasteiger partial charge < -0.3 is 10.1 Å². The van der Waals surface area contributed by atoms with Crippen molar-refractivity contribution in [2.75, 3.05) is 11.9 Å². The number of fused-ring (bicyclic) bond motifs is 1. The second-order valence-corrected chi connectivity index (χ2v) is 9.66. The number of amides is 3. The fraction of sp³-hybridized carbons (Fsp3) is 0.0690. The molecule has 6 nitrogen and oxygen atoms in total. The van der Waals surface area contributed by atoms with E-state index >= 15 is 0 Å². The lowest BCUT2D eigenvalue weighted by molar-refractivity contribution is -0.123. The molecule has 4 aromatic carbocycles. The van der Waals surface area contributed by atoms with Crippen LogP contribution >= 0.6 is 23.4 Å². The number of benzene rings is 4. The largest absolute Gasteiger partial charge is 0.483 e. The predicted octanol–water partition coefficient (Wildman–Crippen LogP) is 6.75. The first-order valence-corrected chi connectivity index (χ1v) is 12.7. The summed E-state index contributed by atoms with van der Waals surface area (Å²) >= 11 is 6.98. The molecule has 8 heteroatoms. The van der Waals surface area contributed by atoms with Crippen LogP contribution in [0, 0.1) is 0 Å². The summed E-state index contributed by atoms with van der Waals surface area (Å²) in [5.41, 5.74) is 1.98. The van der Waals surface area contributed by atoms with Crippen LogP contribution in [0.4, 0.5) is 10.5 Å². The Balaban J connectivity index is 1.30. The molecule has 0 bridgehead atoms. The van der Waals surface area contributed by atoms with Gasteiger partial charge in [0.15, 0.2) is 6.61 Å². The molecule has 0 atom stereocenters. The molecule has 0 aromatic heterocycles. The molecule has 4 aromatic rings. The summed E-state index contributed by atoms with van der Waals surface area (Å²) in [4.78, 5) is 39.9. The van der Waals surface area contributed by atoms with Crippen LogP contribution in [0.2, 0.25) is 5.02 Å². The molecule has 0 spiro atoms. The van der Waals surface area contributed by atoms with Crippen molar-refractivity contribution in [2.45, 2.75) is 6.54 Å². The normalized spacial score (nSPS) is 14.4. The van der Waals surface area contributed by atoms with Gasteiger partial charge in [-0.05, 0) is 52.4 Å². The van der Waals surface area contributed by atoms with Crippen molar-refractivity contribution in [3.63, 3.8) is 0 Å². The molecule has 37 heavy (non-hydrogen) atoms. The first kappa shape index (κ1) is 24.6. The van der Waals surface area contributed by atoms with E-state index in [1.165, 1.54) is 4.90 Å². The van der Waals surface area contributed by atoms with Gasteiger partial charge in [-0.15, -0.1) is 0 Å². The Hall–Kier alpha value is -4.07. The third-order valence-corrected chi connectivity index (χ3v) is 7.03. The molecular formula is C29H21ClN2O4S. The highest BCUT2D eigenvalue weighted by Crippen LogP contribution is 2.35. The van der Waals surface area contributed by atoms with Crippen LogP contribution in [0.5, 0.6) is 5.75 Å². The number of hydrogen-bond donors (Lipinski definition) is 1. The number of halogens is 1. The van der Waals surface area contributed by atoms with E-state index in [-0.39, 0.29) is 30.2 Å². The monoisotopic (exact) mass is 528 g/mol. The topological polar surface area (TPSA) is 75.7 Å². The first-order chi connectivity index (χ1) is 18.0. The Bertz CT molecular complexity index is 1550. The summed E-state index contributed by atoms with van der Waals surface area (Å²) in [7, 11) is 0. The Labute approximate surface area is 222 Å². The van der Waals surface area contributed by atoms with Gasteiger partial charge >= 0.3 is 0 Å². The molecule has 1 heterocycles. The number of nitrogens with one attached hydrogen (secondary N) is 1. The van der Waals surface area contributed by atoms with Gasteiger partial charge in [-0.25, -0.2) is 0 Å². The van der Waals surface area contributed by atoms with Crippen LogP contribution in [-0.2, 0) is 16.1 Å². The lowest BCUT2D eigenvalue weighted by Gasteiger charge is -2.14. The zero-order valence-electron chi connectivity index (χ0n) is 19.5. The van der Waals surface area contributed by atoms with Gasteiger partial charge in [0, 0.05) is 5.56 Å². The van der Waals surface area contributed by atoms with Crippen molar-refractivity contribution < 1.29 is 19.1 Å². The highest BCUT2D eigenvalue weighted by molar-refractivity contribution is 8.18. The average Bonchev–Trinajstić information content (AvgIpc) is 3.17. The van der Waals surface area contributed by atoms with Gasteiger partial charge in [0.2, 0.25) is 0 Å². The van der Waals surface area contributed by atoms with Crippen molar-refractivity contribution in [3.8, 4) is 5.75 Å². The Morgan fingerprint density at radius 1 is 0.919 bits per heavy atom. The van der Waals surface area contributed by atoms with Gasteiger partial charge in [0.1, 0.15) is 5.75 Å². The van der Waals surface area contributed by atoms with E-state index in [2.05, 4.69) is 5.32 Å². The maximum Gasteiger partial charge on any atom is 0.293 e. The van der Waals surface area contributed by atoms with Gasteiger partial charge in [-0.1, -0.05) is 84.4 Å². The lowest BCUT2D eigenvalue weighted by Crippen LogP contribution is -2.27. The summed E-state index contributed by atoms with van der Waals surface area (Å²) < 4.78 is 5.74. The Morgan fingerprint density at radius 2 is 1.65 bits per heavy atom. The van der Waals surface area contributed by atoms with Crippen molar-refractivity contribution in [1.29, 1.82) is 0 Å². The summed E-state index contributed by atoms with van der Waals surface area (Å²) in [6.07, 6.45) is 1.62. The Kier molecular flexibility index (Phi) is 7.25. The number of carbonyl (C=O) groups is 3. The molecule has 1 saturated heterocycles. The highest BCUT2D eigenvalue weighted by Gasteiger charge is 2.35. The predicted molar refractivity (Wildman–Crippen MR) is 147 cm³/mol. The number of imide groups is 1. The third kappa shape index (κ3) is 5.53. The minimum absolute atomic E-state index is 0.184. The van der Waals surface area contributed by atoms with E-state index in [9.17, 15) is 14.4 Å². The average molecular weight is 529 g/mol. The number of thioether (sulfide) groups is 1. The quantitative estimate of drug-likeness (QED) is 0.269. The number of nitrogens with zero attached hydrogens (tertiary/aromatic N) is 1. The van der Waals surface area contributed by atoms with Gasteiger partial charge in [-0.2, -0.15) is 0 Å². The summed E-state index contributed by atoms with van der Waals surface area (Å²) in [5.74, 6) is -0.329. The summed E-state index contributed by atoms with van der Waals surface area (Å²) in [6, 6.07) is 27.7. The fourth-order valence-corrected chi connectivity index (χ4v) is 5.01. The smallest absolute Gasteiger partial charge is 0.293 e. The van der Waals surface area contributed by atoms with Gasteiger partial charge in [-0.3, -0.25) is 19.3 Å².